The first-order chi connectivity index (χ1) is 16.4. The largest absolute Gasteiger partial charge is 0.0622 e. The molecule has 0 fully saturated rings. The summed E-state index contributed by atoms with van der Waals surface area (Å²) in [5.74, 6) is 0. The molecule has 0 aromatic heterocycles. The zero-order chi connectivity index (χ0) is 21.8. The molecular formula is C32H21P. The number of hydrogen-bond acceptors (Lipinski definition) is 0. The Morgan fingerprint density at radius 3 is 1.55 bits per heavy atom. The SMILES string of the molecule is c1ccc(P(c2ccccc2)c2ccc3c4c(cccc24)-c2cc4ccccc4cc2-3)cc1. The van der Waals surface area contributed by atoms with Gasteiger partial charge < -0.3 is 0 Å². The van der Waals surface area contributed by atoms with Crippen LogP contribution in [-0.4, -0.2) is 0 Å². The fraction of sp³-hybridized carbons (Fsp3) is 0. The Bertz CT molecular complexity index is 1560. The van der Waals surface area contributed by atoms with E-state index in [1.165, 1.54) is 59.7 Å². The highest BCUT2D eigenvalue weighted by Gasteiger charge is 2.26. The van der Waals surface area contributed by atoms with Gasteiger partial charge in [0.25, 0.3) is 0 Å². The molecular weight excluding hydrogens is 415 g/mol. The number of rotatable bonds is 3. The second kappa shape index (κ2) is 7.41. The van der Waals surface area contributed by atoms with Crippen LogP contribution in [0.15, 0.2) is 127 Å². The quantitative estimate of drug-likeness (QED) is 0.253. The van der Waals surface area contributed by atoms with Crippen LogP contribution < -0.4 is 15.9 Å². The second-order valence-corrected chi connectivity index (χ2v) is 10.8. The number of benzene rings is 6. The lowest BCUT2D eigenvalue weighted by Crippen LogP contribution is -2.21. The molecule has 0 saturated heterocycles. The molecule has 0 aliphatic heterocycles. The van der Waals surface area contributed by atoms with Gasteiger partial charge in [0.2, 0.25) is 0 Å². The highest BCUT2D eigenvalue weighted by atomic mass is 31.1. The predicted molar refractivity (Wildman–Crippen MR) is 145 cm³/mol. The third kappa shape index (κ3) is 2.88. The fourth-order valence-corrected chi connectivity index (χ4v) is 7.75. The van der Waals surface area contributed by atoms with E-state index >= 15 is 0 Å². The maximum absolute atomic E-state index is 2.39. The van der Waals surface area contributed by atoms with Gasteiger partial charge in [0, 0.05) is 0 Å². The van der Waals surface area contributed by atoms with Crippen LogP contribution in [0.2, 0.25) is 0 Å². The maximum atomic E-state index is 2.39. The van der Waals surface area contributed by atoms with E-state index < -0.39 is 7.92 Å². The van der Waals surface area contributed by atoms with Crippen LogP contribution in [0.25, 0.3) is 43.8 Å². The van der Waals surface area contributed by atoms with E-state index in [1.54, 1.807) is 0 Å². The molecule has 33 heavy (non-hydrogen) atoms. The molecule has 0 spiro atoms. The first-order valence-corrected chi connectivity index (χ1v) is 12.7. The van der Waals surface area contributed by atoms with Gasteiger partial charge in [0.1, 0.15) is 0 Å². The molecule has 6 aromatic carbocycles. The third-order valence-corrected chi connectivity index (χ3v) is 9.25. The lowest BCUT2D eigenvalue weighted by Gasteiger charge is -2.21. The smallest absolute Gasteiger partial charge is 0.00197 e. The zero-order valence-corrected chi connectivity index (χ0v) is 19.0. The van der Waals surface area contributed by atoms with Gasteiger partial charge in [-0.05, 0) is 79.8 Å². The number of hydrogen-bond donors (Lipinski definition) is 0. The van der Waals surface area contributed by atoms with Crippen LogP contribution in [-0.2, 0) is 0 Å². The van der Waals surface area contributed by atoms with Gasteiger partial charge in [-0.1, -0.05) is 115 Å². The molecule has 0 N–H and O–H groups in total. The average molecular weight is 436 g/mol. The molecule has 0 atom stereocenters. The lowest BCUT2D eigenvalue weighted by atomic mass is 9.99. The average Bonchev–Trinajstić information content (AvgIpc) is 3.19. The summed E-state index contributed by atoms with van der Waals surface area (Å²) in [6.07, 6.45) is 0. The zero-order valence-electron chi connectivity index (χ0n) is 18.1. The first kappa shape index (κ1) is 18.8. The number of fused-ring (bicyclic) bond motifs is 4. The lowest BCUT2D eigenvalue weighted by molar-refractivity contribution is 1.73. The first-order valence-electron chi connectivity index (χ1n) is 11.4. The van der Waals surface area contributed by atoms with E-state index in [0.29, 0.717) is 0 Å². The standard InChI is InChI=1S/C32H21P/c1-3-12-24(13-4-1)33(25-14-5-2-6-15-25)31-19-18-27-30-21-23-11-8-7-10-22(23)20-29(30)26-16-9-17-28(31)32(26)27/h1-21H. The van der Waals surface area contributed by atoms with E-state index in [4.69, 9.17) is 0 Å². The van der Waals surface area contributed by atoms with Crippen LogP contribution in [0.4, 0.5) is 0 Å². The van der Waals surface area contributed by atoms with Crippen molar-refractivity contribution in [2.75, 3.05) is 0 Å². The molecule has 0 radical (unpaired) electrons. The maximum Gasteiger partial charge on any atom is -0.00197 e. The Kier molecular flexibility index (Phi) is 4.22. The Balaban J connectivity index is 1.52. The summed E-state index contributed by atoms with van der Waals surface area (Å²) >= 11 is 0. The van der Waals surface area contributed by atoms with E-state index in [0.717, 1.165) is 0 Å². The summed E-state index contributed by atoms with van der Waals surface area (Å²) in [7, 11) is -0.650. The monoisotopic (exact) mass is 436 g/mol. The van der Waals surface area contributed by atoms with Crippen LogP contribution in [0, 0.1) is 0 Å². The summed E-state index contributed by atoms with van der Waals surface area (Å²) < 4.78 is 0. The van der Waals surface area contributed by atoms with E-state index in [2.05, 4.69) is 127 Å². The molecule has 7 rings (SSSR count). The molecule has 0 saturated carbocycles. The van der Waals surface area contributed by atoms with Gasteiger partial charge in [-0.25, -0.2) is 0 Å². The van der Waals surface area contributed by atoms with Crippen molar-refractivity contribution < 1.29 is 0 Å². The molecule has 1 aliphatic rings. The minimum Gasteiger partial charge on any atom is -0.0622 e. The summed E-state index contributed by atoms with van der Waals surface area (Å²) in [6, 6.07) is 47.0. The Hall–Kier alpha value is -3.73. The molecule has 0 heterocycles. The Labute approximate surface area is 194 Å². The van der Waals surface area contributed by atoms with Gasteiger partial charge in [-0.3, -0.25) is 0 Å². The summed E-state index contributed by atoms with van der Waals surface area (Å²) in [5, 5.41) is 9.60. The van der Waals surface area contributed by atoms with Crippen molar-refractivity contribution >= 4 is 45.4 Å². The predicted octanol–water partition coefficient (Wildman–Crippen LogP) is 7.40. The molecule has 154 valence electrons. The fourth-order valence-electron chi connectivity index (χ4n) is 5.30. The topological polar surface area (TPSA) is 0 Å². The second-order valence-electron chi connectivity index (χ2n) is 8.61. The molecule has 0 amide bonds. The van der Waals surface area contributed by atoms with Crippen LogP contribution in [0.3, 0.4) is 0 Å². The van der Waals surface area contributed by atoms with Gasteiger partial charge >= 0.3 is 0 Å². The molecule has 1 heteroatoms. The van der Waals surface area contributed by atoms with Crippen molar-refractivity contribution in [1.29, 1.82) is 0 Å². The molecule has 0 bridgehead atoms. The van der Waals surface area contributed by atoms with Crippen molar-refractivity contribution in [1.82, 2.24) is 0 Å². The van der Waals surface area contributed by atoms with Crippen molar-refractivity contribution in [2.45, 2.75) is 0 Å². The van der Waals surface area contributed by atoms with Gasteiger partial charge in [-0.15, -0.1) is 0 Å². The summed E-state index contributed by atoms with van der Waals surface area (Å²) in [6.45, 7) is 0. The Morgan fingerprint density at radius 2 is 0.939 bits per heavy atom. The van der Waals surface area contributed by atoms with Crippen LogP contribution in [0.5, 0.6) is 0 Å². The highest BCUT2D eigenvalue weighted by Crippen LogP contribution is 2.49. The molecule has 0 nitrogen and oxygen atoms in total. The third-order valence-electron chi connectivity index (χ3n) is 6.75. The van der Waals surface area contributed by atoms with E-state index in [1.807, 2.05) is 0 Å². The molecule has 0 unspecified atom stereocenters. The van der Waals surface area contributed by atoms with Gasteiger partial charge in [0.05, 0.1) is 0 Å². The van der Waals surface area contributed by atoms with Crippen molar-refractivity contribution in [3.05, 3.63) is 127 Å². The molecule has 1 aliphatic carbocycles. The summed E-state index contributed by atoms with van der Waals surface area (Å²) in [5.41, 5.74) is 5.44. The van der Waals surface area contributed by atoms with E-state index in [9.17, 15) is 0 Å². The minimum atomic E-state index is -0.650. The highest BCUT2D eigenvalue weighted by molar-refractivity contribution is 7.80. The Morgan fingerprint density at radius 1 is 0.394 bits per heavy atom. The summed E-state index contributed by atoms with van der Waals surface area (Å²) in [4.78, 5) is 0. The molecule has 6 aromatic rings. The van der Waals surface area contributed by atoms with Crippen LogP contribution >= 0.6 is 7.92 Å². The van der Waals surface area contributed by atoms with Crippen molar-refractivity contribution in [3.63, 3.8) is 0 Å². The van der Waals surface area contributed by atoms with Crippen molar-refractivity contribution in [3.8, 4) is 22.3 Å². The van der Waals surface area contributed by atoms with Crippen LogP contribution in [0.1, 0.15) is 0 Å². The van der Waals surface area contributed by atoms with E-state index in [-0.39, 0.29) is 0 Å². The minimum absolute atomic E-state index is 0.650. The van der Waals surface area contributed by atoms with Gasteiger partial charge in [-0.2, -0.15) is 0 Å². The normalized spacial score (nSPS) is 11.9. The van der Waals surface area contributed by atoms with Gasteiger partial charge in [0.15, 0.2) is 0 Å². The van der Waals surface area contributed by atoms with Crippen molar-refractivity contribution in [2.24, 2.45) is 0 Å².